The monoisotopic (exact) mass is 573 g/mol. The molecule has 4 heterocycles. The van der Waals surface area contributed by atoms with Gasteiger partial charge in [-0.05, 0) is 74.5 Å². The molecule has 9 heteroatoms. The fourth-order valence-corrected chi connectivity index (χ4v) is 7.12. The summed E-state index contributed by atoms with van der Waals surface area (Å²) in [5.74, 6) is 1.18. The molecule has 0 bridgehead atoms. The highest BCUT2D eigenvalue weighted by Crippen LogP contribution is 2.43. The van der Waals surface area contributed by atoms with E-state index in [9.17, 15) is 14.4 Å². The molecular weight excluding hydrogens is 530 g/mol. The Hall–Kier alpha value is -3.59. The van der Waals surface area contributed by atoms with Gasteiger partial charge in [-0.15, -0.1) is 0 Å². The Labute approximate surface area is 248 Å². The van der Waals surface area contributed by atoms with Crippen LogP contribution in [0.15, 0.2) is 42.5 Å². The first kappa shape index (κ1) is 28.5. The van der Waals surface area contributed by atoms with E-state index in [2.05, 4.69) is 64.3 Å². The maximum absolute atomic E-state index is 13.2. The van der Waals surface area contributed by atoms with Crippen LogP contribution in [0.3, 0.4) is 0 Å². The molecule has 2 aromatic rings. The number of imide groups is 1. The van der Waals surface area contributed by atoms with Crippen molar-refractivity contribution in [2.45, 2.75) is 63.5 Å². The Kier molecular flexibility index (Phi) is 8.38. The van der Waals surface area contributed by atoms with Gasteiger partial charge in [0.05, 0.1) is 17.9 Å². The number of benzene rings is 2. The fourth-order valence-electron chi connectivity index (χ4n) is 7.12. The van der Waals surface area contributed by atoms with Crippen LogP contribution in [0.2, 0.25) is 0 Å². The normalized spacial score (nSPS) is 22.6. The number of fused-ring (bicyclic) bond motifs is 1. The minimum absolute atomic E-state index is 0.160. The van der Waals surface area contributed by atoms with Gasteiger partial charge in [0.25, 0.3) is 0 Å². The Morgan fingerprint density at radius 3 is 2.43 bits per heavy atom. The van der Waals surface area contributed by atoms with E-state index in [-0.39, 0.29) is 29.9 Å². The zero-order valence-corrected chi connectivity index (χ0v) is 24.9. The van der Waals surface area contributed by atoms with Gasteiger partial charge in [0.1, 0.15) is 17.9 Å². The third-order valence-electron chi connectivity index (χ3n) is 9.47. The van der Waals surface area contributed by atoms with E-state index >= 15 is 0 Å². The minimum Gasteiger partial charge on any atom is -0.490 e. The summed E-state index contributed by atoms with van der Waals surface area (Å²) in [6.45, 7) is 7.43. The molecule has 0 radical (unpaired) electrons. The number of ether oxygens (including phenoxy) is 1. The van der Waals surface area contributed by atoms with E-state index in [4.69, 9.17) is 4.74 Å². The van der Waals surface area contributed by atoms with Gasteiger partial charge in [-0.3, -0.25) is 24.6 Å². The third kappa shape index (κ3) is 6.11. The van der Waals surface area contributed by atoms with Crippen molar-refractivity contribution >= 4 is 29.1 Å². The maximum atomic E-state index is 13.2. The van der Waals surface area contributed by atoms with Gasteiger partial charge in [-0.1, -0.05) is 24.3 Å². The summed E-state index contributed by atoms with van der Waals surface area (Å²) < 4.78 is 6.18. The largest absolute Gasteiger partial charge is 0.490 e. The molecule has 3 fully saturated rings. The standard InChI is InChI=1S/C33H43N5O4/c1-23-5-3-6-26(21-23)42-25-13-17-37(18-14-25)31(40)22-36-15-11-24(12-16-36)27-7-4-8-28-32(27)35(2)19-20-38(28)29-9-10-30(39)34-33(29)41/h3-8,21,24-25,29H,9-20,22H2,1-2H3,(H,34,39,41). The molecule has 1 unspecified atom stereocenters. The van der Waals surface area contributed by atoms with Gasteiger partial charge in [0, 0.05) is 52.5 Å². The van der Waals surface area contributed by atoms with Gasteiger partial charge in [-0.2, -0.15) is 0 Å². The average Bonchev–Trinajstić information content (AvgIpc) is 2.98. The molecule has 9 nitrogen and oxygen atoms in total. The topological polar surface area (TPSA) is 85.4 Å². The number of hydrogen-bond acceptors (Lipinski definition) is 7. The number of carbonyl (C=O) groups excluding carboxylic acids is 3. The quantitative estimate of drug-likeness (QED) is 0.531. The lowest BCUT2D eigenvalue weighted by Gasteiger charge is -2.44. The van der Waals surface area contributed by atoms with Crippen LogP contribution >= 0.6 is 0 Å². The summed E-state index contributed by atoms with van der Waals surface area (Å²) in [5, 5.41) is 2.53. The Morgan fingerprint density at radius 2 is 1.69 bits per heavy atom. The molecule has 2 aromatic carbocycles. The fraction of sp³-hybridized carbons (Fsp3) is 0.545. The van der Waals surface area contributed by atoms with Crippen LogP contribution in [-0.2, 0) is 14.4 Å². The summed E-state index contributed by atoms with van der Waals surface area (Å²) in [6.07, 6.45) is 4.84. The number of nitrogens with zero attached hydrogens (tertiary/aromatic N) is 4. The molecule has 3 amide bonds. The van der Waals surface area contributed by atoms with Crippen LogP contribution in [-0.4, -0.2) is 92.5 Å². The number of aryl methyl sites for hydroxylation is 1. The lowest BCUT2D eigenvalue weighted by atomic mass is 9.86. The molecular formula is C33H43N5O4. The first-order valence-corrected chi connectivity index (χ1v) is 15.5. The smallest absolute Gasteiger partial charge is 0.249 e. The van der Waals surface area contributed by atoms with Crippen molar-refractivity contribution in [3.63, 3.8) is 0 Å². The minimum atomic E-state index is -0.308. The second-order valence-corrected chi connectivity index (χ2v) is 12.4. The molecule has 6 rings (SSSR count). The molecule has 0 spiro atoms. The number of hydrogen-bond donors (Lipinski definition) is 1. The van der Waals surface area contributed by atoms with Gasteiger partial charge in [-0.25, -0.2) is 0 Å². The number of rotatable bonds is 6. The zero-order chi connectivity index (χ0) is 29.2. The predicted molar refractivity (Wildman–Crippen MR) is 163 cm³/mol. The predicted octanol–water partition coefficient (Wildman–Crippen LogP) is 3.31. The average molecular weight is 574 g/mol. The number of amides is 3. The zero-order valence-electron chi connectivity index (χ0n) is 24.9. The summed E-state index contributed by atoms with van der Waals surface area (Å²) in [7, 11) is 2.13. The number of anilines is 2. The lowest BCUT2D eigenvalue weighted by molar-refractivity contribution is -0.135. The Bertz CT molecular complexity index is 1320. The van der Waals surface area contributed by atoms with Crippen molar-refractivity contribution in [2.75, 3.05) is 62.7 Å². The number of likely N-dealkylation sites (N-methyl/N-ethyl adjacent to an activating group) is 1. The molecule has 3 saturated heterocycles. The third-order valence-corrected chi connectivity index (χ3v) is 9.47. The molecule has 0 saturated carbocycles. The van der Waals surface area contributed by atoms with Crippen LogP contribution in [0.25, 0.3) is 0 Å². The van der Waals surface area contributed by atoms with Gasteiger partial charge in [0.15, 0.2) is 0 Å². The second-order valence-electron chi connectivity index (χ2n) is 12.4. The molecule has 4 aliphatic heterocycles. The molecule has 0 aliphatic carbocycles. The second kappa shape index (κ2) is 12.3. The van der Waals surface area contributed by atoms with Crippen LogP contribution in [0, 0.1) is 6.92 Å². The molecule has 0 aromatic heterocycles. The Morgan fingerprint density at radius 1 is 0.929 bits per heavy atom. The van der Waals surface area contributed by atoms with Gasteiger partial charge >= 0.3 is 0 Å². The summed E-state index contributed by atoms with van der Waals surface area (Å²) in [6, 6.07) is 14.3. The molecule has 4 aliphatic rings. The molecule has 1 atom stereocenters. The summed E-state index contributed by atoms with van der Waals surface area (Å²) in [4.78, 5) is 46.4. The number of likely N-dealkylation sites (tertiary alicyclic amines) is 2. The molecule has 42 heavy (non-hydrogen) atoms. The van der Waals surface area contributed by atoms with Crippen molar-refractivity contribution in [3.05, 3.63) is 53.6 Å². The summed E-state index contributed by atoms with van der Waals surface area (Å²) in [5.41, 5.74) is 4.81. The van der Waals surface area contributed by atoms with E-state index in [1.165, 1.54) is 16.8 Å². The van der Waals surface area contributed by atoms with E-state index in [1.807, 2.05) is 17.0 Å². The van der Waals surface area contributed by atoms with Gasteiger partial charge in [0.2, 0.25) is 17.7 Å². The number of para-hydroxylation sites is 1. The molecule has 224 valence electrons. The van der Waals surface area contributed by atoms with Crippen LogP contribution in [0.4, 0.5) is 11.4 Å². The first-order valence-electron chi connectivity index (χ1n) is 15.5. The van der Waals surface area contributed by atoms with E-state index in [0.29, 0.717) is 25.3 Å². The van der Waals surface area contributed by atoms with Crippen molar-refractivity contribution < 1.29 is 19.1 Å². The van der Waals surface area contributed by atoms with E-state index in [1.54, 1.807) is 0 Å². The number of carbonyl (C=O) groups is 3. The maximum Gasteiger partial charge on any atom is 0.249 e. The highest BCUT2D eigenvalue weighted by atomic mass is 16.5. The number of piperidine rings is 3. The van der Waals surface area contributed by atoms with E-state index in [0.717, 1.165) is 76.4 Å². The van der Waals surface area contributed by atoms with Crippen LogP contribution in [0.5, 0.6) is 5.75 Å². The Balaban J connectivity index is 1.03. The lowest BCUT2D eigenvalue weighted by Crippen LogP contribution is -2.55. The SMILES string of the molecule is Cc1cccc(OC2CCN(C(=O)CN3CCC(c4cccc5c4N(C)CCN5C4CCC(=O)NC4=O)CC3)CC2)c1. The highest BCUT2D eigenvalue weighted by molar-refractivity contribution is 6.02. The number of nitrogens with one attached hydrogen (secondary N) is 1. The van der Waals surface area contributed by atoms with Crippen molar-refractivity contribution in [2.24, 2.45) is 0 Å². The van der Waals surface area contributed by atoms with Crippen LogP contribution < -0.4 is 19.9 Å². The van der Waals surface area contributed by atoms with Crippen molar-refractivity contribution in [1.82, 2.24) is 15.1 Å². The van der Waals surface area contributed by atoms with Crippen molar-refractivity contribution in [3.8, 4) is 5.75 Å². The summed E-state index contributed by atoms with van der Waals surface area (Å²) >= 11 is 0. The van der Waals surface area contributed by atoms with E-state index < -0.39 is 0 Å². The first-order chi connectivity index (χ1) is 20.4. The molecule has 1 N–H and O–H groups in total. The highest BCUT2D eigenvalue weighted by Gasteiger charge is 2.37. The van der Waals surface area contributed by atoms with Crippen molar-refractivity contribution in [1.29, 1.82) is 0 Å². The van der Waals surface area contributed by atoms with Crippen LogP contribution in [0.1, 0.15) is 55.6 Å². The van der Waals surface area contributed by atoms with Gasteiger partial charge < -0.3 is 19.4 Å².